The molecule has 152 valence electrons. The van der Waals surface area contributed by atoms with Crippen LogP contribution in [-0.4, -0.2) is 4.98 Å². The van der Waals surface area contributed by atoms with E-state index < -0.39 is 0 Å². The van der Waals surface area contributed by atoms with Crippen LogP contribution in [0.5, 0.6) is 0 Å². The minimum atomic E-state index is 0.715. The standard InChI is InChI=1S/C28H20N4/c29-19-15-16-24-26(17-19)32(21-11-5-2-6-12-21)27-18-25(30-20-9-3-1-4-10-20)22-13-7-8-14-23(22)28(27)31-24/h1-18H,(H2,29,30)/p+1. The van der Waals surface area contributed by atoms with Gasteiger partial charge in [0.2, 0.25) is 16.7 Å². The van der Waals surface area contributed by atoms with Crippen LogP contribution in [-0.2, 0) is 0 Å². The van der Waals surface area contributed by atoms with Crippen molar-refractivity contribution in [3.05, 3.63) is 109 Å². The van der Waals surface area contributed by atoms with Crippen LogP contribution in [0, 0.1) is 0 Å². The maximum Gasteiger partial charge on any atom is 0.240 e. The SMILES string of the molecule is Nc1ccc2nc3c4ccccc4c(Nc4ccccc4)cc3[n+](-c3ccccc3)c2c1. The Kier molecular flexibility index (Phi) is 4.22. The summed E-state index contributed by atoms with van der Waals surface area (Å²) in [5.41, 5.74) is 13.9. The molecule has 0 fully saturated rings. The number of nitrogen functional groups attached to an aromatic ring is 1. The Hall–Kier alpha value is -4.44. The third-order valence-corrected chi connectivity index (χ3v) is 5.78. The number of anilines is 3. The van der Waals surface area contributed by atoms with E-state index in [9.17, 15) is 0 Å². The summed E-state index contributed by atoms with van der Waals surface area (Å²) in [5.74, 6) is 0. The lowest BCUT2D eigenvalue weighted by Crippen LogP contribution is -2.33. The van der Waals surface area contributed by atoms with Gasteiger partial charge in [-0.3, -0.25) is 0 Å². The molecule has 1 aromatic heterocycles. The molecule has 4 heteroatoms. The lowest BCUT2D eigenvalue weighted by Gasteiger charge is -2.13. The summed E-state index contributed by atoms with van der Waals surface area (Å²) < 4.78 is 2.25. The molecule has 32 heavy (non-hydrogen) atoms. The minimum Gasteiger partial charge on any atom is -0.399 e. The quantitative estimate of drug-likeness (QED) is 0.158. The molecular weight excluding hydrogens is 392 g/mol. The first-order chi connectivity index (χ1) is 15.8. The number of hydrogen-bond donors (Lipinski definition) is 2. The molecular formula is C28H21N4+. The maximum atomic E-state index is 6.18. The molecule has 4 nitrogen and oxygen atoms in total. The third kappa shape index (κ3) is 3.01. The zero-order chi connectivity index (χ0) is 21.5. The monoisotopic (exact) mass is 413 g/mol. The predicted molar refractivity (Wildman–Crippen MR) is 132 cm³/mol. The molecule has 6 aromatic rings. The van der Waals surface area contributed by atoms with E-state index in [-0.39, 0.29) is 0 Å². The summed E-state index contributed by atoms with van der Waals surface area (Å²) in [6, 6.07) is 37.1. The third-order valence-electron chi connectivity index (χ3n) is 5.78. The summed E-state index contributed by atoms with van der Waals surface area (Å²) in [6.07, 6.45) is 0. The molecule has 6 rings (SSSR count). The molecule has 0 atom stereocenters. The fourth-order valence-corrected chi connectivity index (χ4v) is 4.33. The first-order valence-corrected chi connectivity index (χ1v) is 10.6. The molecule has 0 saturated carbocycles. The van der Waals surface area contributed by atoms with Gasteiger partial charge in [0.15, 0.2) is 0 Å². The van der Waals surface area contributed by atoms with Crippen LogP contribution in [0.3, 0.4) is 0 Å². The highest BCUT2D eigenvalue weighted by Gasteiger charge is 2.22. The number of benzene rings is 5. The number of aromatic nitrogens is 2. The summed E-state index contributed by atoms with van der Waals surface area (Å²) in [5, 5.41) is 5.85. The number of fused-ring (bicyclic) bond motifs is 4. The van der Waals surface area contributed by atoms with Crippen molar-refractivity contribution < 1.29 is 4.57 Å². The van der Waals surface area contributed by atoms with E-state index in [0.29, 0.717) is 5.69 Å². The first-order valence-electron chi connectivity index (χ1n) is 10.6. The highest BCUT2D eigenvalue weighted by Crippen LogP contribution is 2.33. The average Bonchev–Trinajstić information content (AvgIpc) is 2.84. The summed E-state index contributed by atoms with van der Waals surface area (Å²) >= 11 is 0. The Morgan fingerprint density at radius 2 is 1.34 bits per heavy atom. The number of nitrogens with zero attached hydrogens (tertiary/aromatic N) is 2. The highest BCUT2D eigenvalue weighted by molar-refractivity contribution is 6.11. The molecule has 1 heterocycles. The van der Waals surface area contributed by atoms with E-state index >= 15 is 0 Å². The van der Waals surface area contributed by atoms with Gasteiger partial charge in [-0.1, -0.05) is 60.7 Å². The zero-order valence-electron chi connectivity index (χ0n) is 17.4. The van der Waals surface area contributed by atoms with Gasteiger partial charge in [-0.2, -0.15) is 0 Å². The molecule has 0 spiro atoms. The van der Waals surface area contributed by atoms with Crippen molar-refractivity contribution >= 4 is 49.9 Å². The number of para-hydroxylation sites is 2. The molecule has 0 aliphatic heterocycles. The van der Waals surface area contributed by atoms with Gasteiger partial charge in [-0.05, 0) is 24.3 Å². The lowest BCUT2D eigenvalue weighted by molar-refractivity contribution is -0.538. The van der Waals surface area contributed by atoms with Gasteiger partial charge in [0.1, 0.15) is 11.0 Å². The van der Waals surface area contributed by atoms with Gasteiger partial charge in [0.25, 0.3) is 0 Å². The molecule has 0 radical (unpaired) electrons. The van der Waals surface area contributed by atoms with Crippen LogP contribution in [0.4, 0.5) is 17.1 Å². The Morgan fingerprint density at radius 3 is 2.12 bits per heavy atom. The number of nitrogens with one attached hydrogen (secondary N) is 1. The molecule has 5 aromatic carbocycles. The Morgan fingerprint density at radius 1 is 0.656 bits per heavy atom. The Labute approximate surface area is 185 Å². The molecule has 0 aliphatic rings. The molecule has 0 unspecified atom stereocenters. The average molecular weight is 414 g/mol. The molecule has 0 saturated heterocycles. The fraction of sp³-hybridized carbons (Fsp3) is 0. The predicted octanol–water partition coefficient (Wildman–Crippen LogP) is 6.14. The van der Waals surface area contributed by atoms with Crippen molar-refractivity contribution in [3.63, 3.8) is 0 Å². The normalized spacial score (nSPS) is 11.2. The highest BCUT2D eigenvalue weighted by atomic mass is 15.0. The molecule has 0 amide bonds. The largest absolute Gasteiger partial charge is 0.399 e. The lowest BCUT2D eigenvalue weighted by atomic mass is 10.0. The van der Waals surface area contributed by atoms with Crippen LogP contribution >= 0.6 is 0 Å². The Balaban J connectivity index is 1.77. The van der Waals surface area contributed by atoms with Crippen molar-refractivity contribution in [2.24, 2.45) is 0 Å². The van der Waals surface area contributed by atoms with E-state index in [2.05, 4.69) is 76.6 Å². The Bertz CT molecular complexity index is 1590. The number of rotatable bonds is 3. The van der Waals surface area contributed by atoms with Gasteiger partial charge in [-0.25, -0.2) is 4.98 Å². The minimum absolute atomic E-state index is 0.715. The number of hydrogen-bond acceptors (Lipinski definition) is 3. The summed E-state index contributed by atoms with van der Waals surface area (Å²) in [6.45, 7) is 0. The van der Waals surface area contributed by atoms with Crippen molar-refractivity contribution in [1.82, 2.24) is 4.98 Å². The van der Waals surface area contributed by atoms with E-state index in [0.717, 1.165) is 49.9 Å². The first kappa shape index (κ1) is 18.3. The van der Waals surface area contributed by atoms with Crippen LogP contribution < -0.4 is 15.6 Å². The fourth-order valence-electron chi connectivity index (χ4n) is 4.33. The molecule has 0 bridgehead atoms. The van der Waals surface area contributed by atoms with Crippen LogP contribution in [0.1, 0.15) is 0 Å². The topological polar surface area (TPSA) is 54.8 Å². The number of nitrogens with two attached hydrogens (primary N) is 1. The zero-order valence-corrected chi connectivity index (χ0v) is 17.4. The second-order valence-corrected chi connectivity index (χ2v) is 7.86. The van der Waals surface area contributed by atoms with Gasteiger partial charge in [0.05, 0.1) is 5.69 Å². The van der Waals surface area contributed by atoms with E-state index in [1.807, 2.05) is 42.5 Å². The van der Waals surface area contributed by atoms with Crippen molar-refractivity contribution in [2.45, 2.75) is 0 Å². The second kappa shape index (κ2) is 7.36. The van der Waals surface area contributed by atoms with E-state index in [1.54, 1.807) is 0 Å². The smallest absolute Gasteiger partial charge is 0.240 e. The van der Waals surface area contributed by atoms with Crippen molar-refractivity contribution in [3.8, 4) is 5.69 Å². The second-order valence-electron chi connectivity index (χ2n) is 7.86. The van der Waals surface area contributed by atoms with Crippen LogP contribution in [0.15, 0.2) is 109 Å². The van der Waals surface area contributed by atoms with Gasteiger partial charge >= 0.3 is 0 Å². The molecule has 3 N–H and O–H groups in total. The van der Waals surface area contributed by atoms with Crippen molar-refractivity contribution in [1.29, 1.82) is 0 Å². The van der Waals surface area contributed by atoms with E-state index in [1.165, 1.54) is 0 Å². The maximum absolute atomic E-state index is 6.18. The van der Waals surface area contributed by atoms with Gasteiger partial charge in [0, 0.05) is 46.4 Å². The van der Waals surface area contributed by atoms with E-state index in [4.69, 9.17) is 10.7 Å². The summed E-state index contributed by atoms with van der Waals surface area (Å²) in [7, 11) is 0. The summed E-state index contributed by atoms with van der Waals surface area (Å²) in [4.78, 5) is 5.08. The van der Waals surface area contributed by atoms with Crippen molar-refractivity contribution in [2.75, 3.05) is 11.1 Å². The van der Waals surface area contributed by atoms with Crippen LogP contribution in [0.2, 0.25) is 0 Å². The van der Waals surface area contributed by atoms with Gasteiger partial charge < -0.3 is 11.1 Å². The van der Waals surface area contributed by atoms with Crippen LogP contribution in [0.25, 0.3) is 38.5 Å². The molecule has 0 aliphatic carbocycles. The van der Waals surface area contributed by atoms with Gasteiger partial charge in [-0.15, -0.1) is 4.57 Å².